The maximum atomic E-state index is 14.7. The van der Waals surface area contributed by atoms with Gasteiger partial charge in [0.05, 0.1) is 17.8 Å². The van der Waals surface area contributed by atoms with Crippen molar-refractivity contribution in [3.8, 4) is 22.6 Å². The first-order valence-electron chi connectivity index (χ1n) is 14.9. The summed E-state index contributed by atoms with van der Waals surface area (Å²) < 4.78 is 30.7. The van der Waals surface area contributed by atoms with E-state index in [1.54, 1.807) is 13.0 Å². The van der Waals surface area contributed by atoms with Crippen molar-refractivity contribution in [2.45, 2.75) is 91.7 Å². The molecule has 2 heterocycles. The summed E-state index contributed by atoms with van der Waals surface area (Å²) in [5.41, 5.74) is 5.72. The number of aliphatic hydroxyl groups excluding tert-OH is 1. The predicted molar refractivity (Wildman–Crippen MR) is 175 cm³/mol. The zero-order valence-corrected chi connectivity index (χ0v) is 28.6. The van der Waals surface area contributed by atoms with Crippen LogP contribution in [0.25, 0.3) is 33.5 Å². The van der Waals surface area contributed by atoms with Crippen molar-refractivity contribution in [3.05, 3.63) is 59.2 Å². The summed E-state index contributed by atoms with van der Waals surface area (Å²) in [7, 11) is -2.47. The first kappa shape index (κ1) is 32.3. The van der Waals surface area contributed by atoms with Gasteiger partial charge in [-0.1, -0.05) is 58.3 Å². The van der Waals surface area contributed by atoms with E-state index in [-0.39, 0.29) is 12.4 Å². The molecule has 0 bridgehead atoms. The Morgan fingerprint density at radius 3 is 2.21 bits per heavy atom. The number of benzene rings is 2. The van der Waals surface area contributed by atoms with Crippen molar-refractivity contribution in [2.75, 3.05) is 13.2 Å². The highest BCUT2D eigenvalue weighted by molar-refractivity contribution is 6.76. The third-order valence-corrected chi connectivity index (χ3v) is 10.9. The van der Waals surface area contributed by atoms with Crippen LogP contribution >= 0.6 is 0 Å². The summed E-state index contributed by atoms with van der Waals surface area (Å²) in [6.07, 6.45) is 2.63. The number of fused-ring (bicyclic) bond motifs is 1. The van der Waals surface area contributed by atoms with E-state index in [2.05, 4.69) is 52.3 Å². The molecule has 0 radical (unpaired) electrons. The van der Waals surface area contributed by atoms with Gasteiger partial charge >= 0.3 is 0 Å². The highest BCUT2D eigenvalue weighted by Crippen LogP contribution is 2.34. The molecule has 0 spiro atoms. The quantitative estimate of drug-likeness (QED) is 0.117. The van der Waals surface area contributed by atoms with Crippen LogP contribution in [-0.2, 0) is 36.0 Å². The molecule has 42 heavy (non-hydrogen) atoms. The number of nitrogens with zero attached hydrogens (tertiary/aromatic N) is 4. The smallest absolute Gasteiger partial charge is 0.163 e. The van der Waals surface area contributed by atoms with E-state index < -0.39 is 16.1 Å². The topological polar surface area (TPSA) is 74.3 Å². The third-order valence-electron chi connectivity index (χ3n) is 7.46. The summed E-state index contributed by atoms with van der Waals surface area (Å²) in [4.78, 5) is 4.73. The number of aryl methyl sites for hydroxylation is 2. The molecule has 10 heteroatoms. The SMILES string of the molecule is CCc1cc(C)c(F)cc1-c1ccc2c(-c3nc(CO)cn3COCC[Si](C)(C)C)nn(COCC[Si](C)(C)C)c2c1. The molecular weight excluding hydrogens is 564 g/mol. The van der Waals surface area contributed by atoms with Gasteiger partial charge in [-0.15, -0.1) is 0 Å². The van der Waals surface area contributed by atoms with Gasteiger partial charge in [0, 0.05) is 40.9 Å². The van der Waals surface area contributed by atoms with Gasteiger partial charge < -0.3 is 19.1 Å². The summed E-state index contributed by atoms with van der Waals surface area (Å²) in [6.45, 7) is 19.7. The molecule has 228 valence electrons. The second-order valence-corrected chi connectivity index (χ2v) is 24.8. The van der Waals surface area contributed by atoms with Gasteiger partial charge in [0.25, 0.3) is 0 Å². The van der Waals surface area contributed by atoms with E-state index in [1.807, 2.05) is 33.6 Å². The summed E-state index contributed by atoms with van der Waals surface area (Å²) in [6, 6.07) is 11.8. The Bertz CT molecular complexity index is 1520. The molecule has 0 fully saturated rings. The second-order valence-electron chi connectivity index (χ2n) is 13.6. The van der Waals surface area contributed by atoms with Gasteiger partial charge in [-0.25, -0.2) is 14.1 Å². The van der Waals surface area contributed by atoms with E-state index in [4.69, 9.17) is 19.6 Å². The molecule has 4 rings (SSSR count). The number of imidazole rings is 1. The van der Waals surface area contributed by atoms with Crippen LogP contribution in [0, 0.1) is 12.7 Å². The minimum absolute atomic E-state index is 0.170. The lowest BCUT2D eigenvalue weighted by molar-refractivity contribution is 0.0816. The molecule has 2 aromatic heterocycles. The first-order valence-corrected chi connectivity index (χ1v) is 22.3. The zero-order chi connectivity index (χ0) is 30.7. The first-order chi connectivity index (χ1) is 19.8. The van der Waals surface area contributed by atoms with Crippen LogP contribution in [0.5, 0.6) is 0 Å². The third kappa shape index (κ3) is 8.05. The maximum Gasteiger partial charge on any atom is 0.163 e. The summed E-state index contributed by atoms with van der Waals surface area (Å²) >= 11 is 0. The number of aliphatic hydroxyl groups is 1. The van der Waals surface area contributed by atoms with Gasteiger partial charge in [0.2, 0.25) is 0 Å². The number of hydrogen-bond donors (Lipinski definition) is 1. The molecule has 0 atom stereocenters. The summed E-state index contributed by atoms with van der Waals surface area (Å²) in [5, 5.41) is 15.8. The van der Waals surface area contributed by atoms with Crippen molar-refractivity contribution in [2.24, 2.45) is 0 Å². The minimum atomic E-state index is -1.25. The lowest BCUT2D eigenvalue weighted by atomic mass is 9.95. The molecule has 2 aromatic carbocycles. The monoisotopic (exact) mass is 610 g/mol. The van der Waals surface area contributed by atoms with Gasteiger partial charge in [-0.3, -0.25) is 0 Å². The van der Waals surface area contributed by atoms with Crippen LogP contribution in [-0.4, -0.2) is 53.8 Å². The van der Waals surface area contributed by atoms with Gasteiger partial charge in [0.1, 0.15) is 25.0 Å². The number of halogens is 1. The fourth-order valence-electron chi connectivity index (χ4n) is 4.81. The maximum absolute atomic E-state index is 14.7. The van der Waals surface area contributed by atoms with E-state index in [0.29, 0.717) is 49.5 Å². The lowest BCUT2D eigenvalue weighted by Gasteiger charge is -2.16. The zero-order valence-electron chi connectivity index (χ0n) is 26.6. The van der Waals surface area contributed by atoms with E-state index in [0.717, 1.165) is 46.1 Å². The van der Waals surface area contributed by atoms with Gasteiger partial charge in [-0.05, 0) is 65.9 Å². The second kappa shape index (κ2) is 13.3. The Labute approximate surface area is 251 Å². The fourth-order valence-corrected chi connectivity index (χ4v) is 6.33. The van der Waals surface area contributed by atoms with Crippen molar-refractivity contribution >= 4 is 27.1 Å². The van der Waals surface area contributed by atoms with Crippen LogP contribution in [0.3, 0.4) is 0 Å². The number of aromatic nitrogens is 4. The molecule has 0 aliphatic heterocycles. The Balaban J connectivity index is 1.76. The highest BCUT2D eigenvalue weighted by atomic mass is 28.3. The fraction of sp³-hybridized carbons (Fsp3) is 0.500. The molecule has 7 nitrogen and oxygen atoms in total. The Hall–Kier alpha value is -2.64. The lowest BCUT2D eigenvalue weighted by Crippen LogP contribution is -2.22. The number of ether oxygens (including phenoxy) is 2. The predicted octanol–water partition coefficient (Wildman–Crippen LogP) is 7.69. The van der Waals surface area contributed by atoms with E-state index in [1.165, 1.54) is 0 Å². The van der Waals surface area contributed by atoms with Crippen molar-refractivity contribution in [3.63, 3.8) is 0 Å². The molecule has 0 amide bonds. The Kier molecular flexibility index (Phi) is 10.3. The van der Waals surface area contributed by atoms with Crippen molar-refractivity contribution in [1.82, 2.24) is 19.3 Å². The molecular formula is C32H47FN4O3Si2. The molecule has 0 unspecified atom stereocenters. The molecule has 1 N–H and O–H groups in total. The van der Waals surface area contributed by atoms with Crippen LogP contribution in [0.4, 0.5) is 4.39 Å². The Morgan fingerprint density at radius 2 is 1.60 bits per heavy atom. The van der Waals surface area contributed by atoms with Gasteiger partial charge in [-0.2, -0.15) is 5.10 Å². The number of rotatable bonds is 14. The van der Waals surface area contributed by atoms with Crippen LogP contribution in [0.1, 0.15) is 23.7 Å². The van der Waals surface area contributed by atoms with Crippen molar-refractivity contribution < 1.29 is 19.0 Å². The Morgan fingerprint density at radius 1 is 0.929 bits per heavy atom. The molecule has 0 aliphatic carbocycles. The highest BCUT2D eigenvalue weighted by Gasteiger charge is 2.21. The molecule has 4 aromatic rings. The standard InChI is InChI=1S/C32H47FN4O3Si2/c1-9-24-16-23(2)29(33)18-28(24)25-10-11-27-30(17-25)37(22-40-13-15-42(6,7)8)35-31(27)32-34-26(20-38)19-36(32)21-39-12-14-41(3,4)5/h10-11,16-19,38H,9,12-15,20-22H2,1-8H3. The molecule has 0 saturated heterocycles. The molecule has 0 saturated carbocycles. The van der Waals surface area contributed by atoms with Gasteiger partial charge in [0.15, 0.2) is 5.82 Å². The van der Waals surface area contributed by atoms with Crippen molar-refractivity contribution in [1.29, 1.82) is 0 Å². The molecule has 0 aliphatic rings. The average molecular weight is 611 g/mol. The van der Waals surface area contributed by atoms with E-state index in [9.17, 15) is 9.50 Å². The van der Waals surface area contributed by atoms with Crippen LogP contribution in [0.2, 0.25) is 51.4 Å². The largest absolute Gasteiger partial charge is 0.390 e. The van der Waals surface area contributed by atoms with Crippen LogP contribution < -0.4 is 0 Å². The minimum Gasteiger partial charge on any atom is -0.390 e. The average Bonchev–Trinajstić information content (AvgIpc) is 3.50. The van der Waals surface area contributed by atoms with Crippen LogP contribution in [0.15, 0.2) is 36.5 Å². The van der Waals surface area contributed by atoms with E-state index >= 15 is 0 Å². The normalized spacial score (nSPS) is 12.5. The number of hydrogen-bond acceptors (Lipinski definition) is 5. The summed E-state index contributed by atoms with van der Waals surface area (Å²) in [5.74, 6) is 0.431.